The van der Waals surface area contributed by atoms with E-state index in [-0.39, 0.29) is 6.79 Å². The van der Waals surface area contributed by atoms with E-state index in [1.165, 1.54) is 0 Å². The smallest absolute Gasteiger partial charge is 0.231 e. The fraction of sp³-hybridized carbons (Fsp3) is 0.167. The quantitative estimate of drug-likeness (QED) is 0.796. The van der Waals surface area contributed by atoms with E-state index in [2.05, 4.69) is 9.97 Å². The van der Waals surface area contributed by atoms with Crippen molar-refractivity contribution < 1.29 is 18.9 Å². The molecule has 0 amide bonds. The first-order valence-corrected chi connectivity index (χ1v) is 7.46. The van der Waals surface area contributed by atoms with Gasteiger partial charge in [-0.25, -0.2) is 4.98 Å². The van der Waals surface area contributed by atoms with Gasteiger partial charge in [-0.1, -0.05) is 0 Å². The third-order valence-electron chi connectivity index (χ3n) is 3.90. The van der Waals surface area contributed by atoms with E-state index < -0.39 is 0 Å². The van der Waals surface area contributed by atoms with Gasteiger partial charge in [-0.15, -0.1) is 0 Å². The molecule has 0 spiro atoms. The number of hydrogen-bond acceptors (Lipinski definition) is 5. The molecule has 2 aromatic carbocycles. The van der Waals surface area contributed by atoms with Crippen LogP contribution in [-0.2, 0) is 0 Å². The number of nitrogens with zero attached hydrogens (tertiary/aromatic N) is 1. The van der Waals surface area contributed by atoms with Gasteiger partial charge in [0, 0.05) is 17.3 Å². The minimum atomic E-state index is 0.258. The van der Waals surface area contributed by atoms with Crippen LogP contribution in [0.15, 0.2) is 42.6 Å². The number of nitrogens with one attached hydrogen (secondary N) is 1. The van der Waals surface area contributed by atoms with Gasteiger partial charge in [-0.2, -0.15) is 0 Å². The zero-order valence-corrected chi connectivity index (χ0v) is 13.3. The van der Waals surface area contributed by atoms with Gasteiger partial charge in [0.1, 0.15) is 5.82 Å². The summed E-state index contributed by atoms with van der Waals surface area (Å²) in [6.07, 6.45) is 1.86. The predicted molar refractivity (Wildman–Crippen MR) is 88.7 cm³/mol. The molecule has 4 rings (SSSR count). The number of benzene rings is 2. The van der Waals surface area contributed by atoms with Crippen molar-refractivity contribution >= 4 is 0 Å². The number of aromatic amines is 1. The average molecular weight is 324 g/mol. The second kappa shape index (κ2) is 5.81. The number of imidazole rings is 1. The van der Waals surface area contributed by atoms with E-state index >= 15 is 0 Å². The van der Waals surface area contributed by atoms with Crippen molar-refractivity contribution in [2.75, 3.05) is 21.0 Å². The molecule has 0 saturated heterocycles. The van der Waals surface area contributed by atoms with Gasteiger partial charge in [0.2, 0.25) is 6.79 Å². The first kappa shape index (κ1) is 14.4. The SMILES string of the molecule is COc1ccc(-c2c[nH]c(-c3ccc4c(c3)OCO4)n2)cc1OC. The summed E-state index contributed by atoms with van der Waals surface area (Å²) < 4.78 is 21.4. The lowest BCUT2D eigenvalue weighted by molar-refractivity contribution is 0.174. The van der Waals surface area contributed by atoms with Crippen molar-refractivity contribution in [1.82, 2.24) is 9.97 Å². The molecule has 1 N–H and O–H groups in total. The Kier molecular flexibility index (Phi) is 3.49. The number of aromatic nitrogens is 2. The van der Waals surface area contributed by atoms with Crippen LogP contribution in [-0.4, -0.2) is 31.0 Å². The van der Waals surface area contributed by atoms with Crippen molar-refractivity contribution in [3.05, 3.63) is 42.6 Å². The number of H-pyrrole nitrogens is 1. The normalized spacial score (nSPS) is 12.2. The topological polar surface area (TPSA) is 65.6 Å². The van der Waals surface area contributed by atoms with E-state index in [9.17, 15) is 0 Å². The molecule has 2 heterocycles. The molecule has 0 fully saturated rings. The summed E-state index contributed by atoms with van der Waals surface area (Å²) in [6.45, 7) is 0.258. The summed E-state index contributed by atoms with van der Waals surface area (Å²) in [7, 11) is 3.23. The molecule has 0 unspecified atom stereocenters. The minimum Gasteiger partial charge on any atom is -0.493 e. The summed E-state index contributed by atoms with van der Waals surface area (Å²) in [4.78, 5) is 7.86. The molecule has 6 nitrogen and oxygen atoms in total. The van der Waals surface area contributed by atoms with E-state index in [4.69, 9.17) is 18.9 Å². The summed E-state index contributed by atoms with van der Waals surface area (Å²) >= 11 is 0. The maximum Gasteiger partial charge on any atom is 0.231 e. The number of ether oxygens (including phenoxy) is 4. The van der Waals surface area contributed by atoms with Crippen LogP contribution >= 0.6 is 0 Å². The van der Waals surface area contributed by atoms with Gasteiger partial charge >= 0.3 is 0 Å². The zero-order chi connectivity index (χ0) is 16.5. The van der Waals surface area contributed by atoms with Crippen LogP contribution in [0, 0.1) is 0 Å². The Hall–Kier alpha value is -3.15. The Morgan fingerprint density at radius 2 is 1.71 bits per heavy atom. The maximum absolute atomic E-state index is 5.41. The van der Waals surface area contributed by atoms with Crippen LogP contribution in [0.1, 0.15) is 0 Å². The third-order valence-corrected chi connectivity index (χ3v) is 3.90. The molecular formula is C18H16N2O4. The Bertz CT molecular complexity index is 888. The lowest BCUT2D eigenvalue weighted by Crippen LogP contribution is -1.92. The number of hydrogen-bond donors (Lipinski definition) is 1. The Labute approximate surface area is 139 Å². The highest BCUT2D eigenvalue weighted by atomic mass is 16.7. The predicted octanol–water partition coefficient (Wildman–Crippen LogP) is 3.49. The molecule has 6 heteroatoms. The zero-order valence-electron chi connectivity index (χ0n) is 13.3. The monoisotopic (exact) mass is 324 g/mol. The van der Waals surface area contributed by atoms with Gasteiger partial charge in [-0.05, 0) is 36.4 Å². The van der Waals surface area contributed by atoms with Crippen LogP contribution in [0.4, 0.5) is 0 Å². The van der Waals surface area contributed by atoms with Crippen LogP contribution in [0.2, 0.25) is 0 Å². The Morgan fingerprint density at radius 1 is 0.917 bits per heavy atom. The fourth-order valence-electron chi connectivity index (χ4n) is 2.66. The first-order valence-electron chi connectivity index (χ1n) is 7.46. The van der Waals surface area contributed by atoms with E-state index in [1.54, 1.807) is 14.2 Å². The summed E-state index contributed by atoms with van der Waals surface area (Å²) in [5.74, 6) is 3.61. The summed E-state index contributed by atoms with van der Waals surface area (Å²) in [5, 5.41) is 0. The molecule has 0 bridgehead atoms. The van der Waals surface area contributed by atoms with Crippen molar-refractivity contribution in [3.63, 3.8) is 0 Å². The van der Waals surface area contributed by atoms with Crippen LogP contribution in [0.5, 0.6) is 23.0 Å². The van der Waals surface area contributed by atoms with Gasteiger partial charge in [0.15, 0.2) is 23.0 Å². The molecule has 24 heavy (non-hydrogen) atoms. The van der Waals surface area contributed by atoms with Gasteiger partial charge < -0.3 is 23.9 Å². The van der Waals surface area contributed by atoms with Crippen molar-refractivity contribution in [3.8, 4) is 45.6 Å². The number of methoxy groups -OCH3 is 2. The third kappa shape index (κ3) is 2.42. The molecule has 1 aliphatic heterocycles. The maximum atomic E-state index is 5.41. The molecule has 0 atom stereocenters. The molecule has 0 aliphatic carbocycles. The second-order valence-electron chi connectivity index (χ2n) is 5.27. The minimum absolute atomic E-state index is 0.258. The van der Waals surface area contributed by atoms with Crippen LogP contribution < -0.4 is 18.9 Å². The van der Waals surface area contributed by atoms with E-state index in [1.807, 2.05) is 42.6 Å². The van der Waals surface area contributed by atoms with Gasteiger partial charge in [0.25, 0.3) is 0 Å². The lowest BCUT2D eigenvalue weighted by atomic mass is 10.1. The van der Waals surface area contributed by atoms with Crippen LogP contribution in [0.3, 0.4) is 0 Å². The summed E-state index contributed by atoms with van der Waals surface area (Å²) in [5.41, 5.74) is 2.70. The first-order chi connectivity index (χ1) is 11.8. The molecule has 1 aliphatic rings. The van der Waals surface area contributed by atoms with E-state index in [0.717, 1.165) is 34.1 Å². The summed E-state index contributed by atoms with van der Waals surface area (Å²) in [6, 6.07) is 11.5. The highest BCUT2D eigenvalue weighted by Crippen LogP contribution is 2.36. The molecule has 1 aromatic heterocycles. The number of rotatable bonds is 4. The molecule has 0 radical (unpaired) electrons. The van der Waals surface area contributed by atoms with Crippen molar-refractivity contribution in [2.45, 2.75) is 0 Å². The fourth-order valence-corrected chi connectivity index (χ4v) is 2.66. The van der Waals surface area contributed by atoms with Crippen molar-refractivity contribution in [1.29, 1.82) is 0 Å². The van der Waals surface area contributed by atoms with E-state index in [0.29, 0.717) is 11.5 Å². The Morgan fingerprint density at radius 3 is 2.54 bits per heavy atom. The van der Waals surface area contributed by atoms with Gasteiger partial charge in [0.05, 0.1) is 19.9 Å². The standard InChI is InChI=1S/C18H16N2O4/c1-21-14-5-3-11(7-16(14)22-2)13-9-19-18(20-13)12-4-6-15-17(8-12)24-10-23-15/h3-9H,10H2,1-2H3,(H,19,20). The van der Waals surface area contributed by atoms with Crippen LogP contribution in [0.25, 0.3) is 22.6 Å². The molecule has 122 valence electrons. The van der Waals surface area contributed by atoms with Gasteiger partial charge in [-0.3, -0.25) is 0 Å². The number of fused-ring (bicyclic) bond motifs is 1. The average Bonchev–Trinajstić information content (AvgIpc) is 3.29. The molecular weight excluding hydrogens is 308 g/mol. The molecule has 0 saturated carbocycles. The second-order valence-corrected chi connectivity index (χ2v) is 5.27. The molecule has 3 aromatic rings. The lowest BCUT2D eigenvalue weighted by Gasteiger charge is -2.08. The van der Waals surface area contributed by atoms with Crippen molar-refractivity contribution in [2.24, 2.45) is 0 Å². The highest BCUT2D eigenvalue weighted by Gasteiger charge is 2.15. The Balaban J connectivity index is 1.68. The largest absolute Gasteiger partial charge is 0.493 e. The highest BCUT2D eigenvalue weighted by molar-refractivity contribution is 5.68.